The number of rotatable bonds is 22. The molecule has 0 radical (unpaired) electrons. The highest BCUT2D eigenvalue weighted by Crippen LogP contribution is 2.39. The minimum absolute atomic E-state index is 1.22. The van der Waals surface area contributed by atoms with Crippen LogP contribution in [0.4, 0.5) is 0 Å². The van der Waals surface area contributed by atoms with E-state index >= 15 is 0 Å². The number of thiophene rings is 2. The van der Waals surface area contributed by atoms with Gasteiger partial charge in [-0.05, 0) is 115 Å². The zero-order valence-electron chi connectivity index (χ0n) is 30.1. The highest BCUT2D eigenvalue weighted by Gasteiger charge is 2.12. The van der Waals surface area contributed by atoms with Gasteiger partial charge in [-0.3, -0.25) is 0 Å². The quantitative estimate of drug-likeness (QED) is 0.0496. The minimum atomic E-state index is 1.22. The number of fused-ring (bicyclic) bond motifs is 7. The molecular weight excluding hydrogens is 617 g/mol. The van der Waals surface area contributed by atoms with Crippen LogP contribution in [0.15, 0.2) is 59.3 Å². The Morgan fingerprint density at radius 3 is 1.08 bits per heavy atom. The van der Waals surface area contributed by atoms with Crippen LogP contribution in [0.3, 0.4) is 0 Å². The van der Waals surface area contributed by atoms with Gasteiger partial charge in [-0.2, -0.15) is 0 Å². The van der Waals surface area contributed by atoms with Crippen molar-refractivity contribution in [3.8, 4) is 0 Å². The molecule has 0 fully saturated rings. The lowest BCUT2D eigenvalue weighted by Crippen LogP contribution is -1.87. The smallest absolute Gasteiger partial charge is 0.0352 e. The molecular formula is C46H60S2. The molecule has 0 N–H and O–H groups in total. The highest BCUT2D eigenvalue weighted by atomic mass is 32.1. The Labute approximate surface area is 299 Å². The highest BCUT2D eigenvalue weighted by molar-refractivity contribution is 7.17. The molecule has 2 heterocycles. The summed E-state index contributed by atoms with van der Waals surface area (Å²) < 4.78 is 2.89. The van der Waals surface area contributed by atoms with Crippen molar-refractivity contribution in [2.24, 2.45) is 0 Å². The average molecular weight is 677 g/mol. The summed E-state index contributed by atoms with van der Waals surface area (Å²) in [4.78, 5) is 0. The van der Waals surface area contributed by atoms with Crippen molar-refractivity contribution in [3.63, 3.8) is 0 Å². The average Bonchev–Trinajstić information content (AvgIpc) is 3.70. The first kappa shape index (κ1) is 35.4. The van der Waals surface area contributed by atoms with E-state index in [1.807, 2.05) is 22.7 Å². The molecule has 0 atom stereocenters. The van der Waals surface area contributed by atoms with Gasteiger partial charge in [0.1, 0.15) is 0 Å². The fourth-order valence-electron chi connectivity index (χ4n) is 8.02. The van der Waals surface area contributed by atoms with Gasteiger partial charge in [0.15, 0.2) is 0 Å². The standard InChI is InChI=1S/C46H60S2/c1-3-5-7-9-11-13-15-17-19-21-23-37-33-47-45-31-41-35(29-43(37)45)25-27-40-39(41)28-26-36-30-44-38(34-48-46(44)32-42(36)40)24-22-20-18-16-14-12-10-8-6-4-2/h25-34H,3-24H2,1-2H3. The number of hydrogen-bond acceptors (Lipinski definition) is 2. The monoisotopic (exact) mass is 676 g/mol. The Bertz CT molecular complexity index is 1730. The van der Waals surface area contributed by atoms with Crippen molar-refractivity contribution in [1.29, 1.82) is 0 Å². The summed E-state index contributed by atoms with van der Waals surface area (Å²) in [7, 11) is 0. The van der Waals surface area contributed by atoms with Gasteiger partial charge in [0.2, 0.25) is 0 Å². The summed E-state index contributed by atoms with van der Waals surface area (Å²) in [6.07, 6.45) is 30.5. The maximum absolute atomic E-state index is 2.49. The maximum Gasteiger partial charge on any atom is 0.0352 e. The summed E-state index contributed by atoms with van der Waals surface area (Å²) in [5.74, 6) is 0. The molecule has 0 spiro atoms. The second kappa shape index (κ2) is 18.5. The van der Waals surface area contributed by atoms with Gasteiger partial charge >= 0.3 is 0 Å². The normalized spacial score (nSPS) is 12.1. The molecule has 0 bridgehead atoms. The molecule has 0 saturated carbocycles. The van der Waals surface area contributed by atoms with Crippen LogP contribution < -0.4 is 0 Å². The first-order valence-corrected chi connectivity index (χ1v) is 21.7. The van der Waals surface area contributed by atoms with E-state index in [0.29, 0.717) is 0 Å². The van der Waals surface area contributed by atoms with E-state index in [4.69, 9.17) is 0 Å². The van der Waals surface area contributed by atoms with Crippen LogP contribution in [0.5, 0.6) is 0 Å². The SMILES string of the molecule is CCCCCCCCCCCCc1csc2cc3c(ccc4c5cc6scc(CCCCCCCCCCCC)c6cc5ccc34)cc12. The Hall–Kier alpha value is -2.42. The Kier molecular flexibility index (Phi) is 13.7. The fourth-order valence-corrected chi connectivity index (χ4v) is 10.1. The van der Waals surface area contributed by atoms with Crippen LogP contribution in [0.2, 0.25) is 0 Å². The van der Waals surface area contributed by atoms with Crippen LogP contribution in [0, 0.1) is 0 Å². The maximum atomic E-state index is 2.49. The van der Waals surface area contributed by atoms with Crippen molar-refractivity contribution in [2.75, 3.05) is 0 Å². The number of unbranched alkanes of at least 4 members (excludes halogenated alkanes) is 18. The van der Waals surface area contributed by atoms with Crippen LogP contribution in [0.25, 0.3) is 52.5 Å². The van der Waals surface area contributed by atoms with E-state index in [2.05, 4.69) is 73.1 Å². The van der Waals surface area contributed by atoms with Crippen LogP contribution >= 0.6 is 22.7 Å². The third-order valence-corrected chi connectivity index (χ3v) is 13.0. The predicted molar refractivity (Wildman–Crippen MR) is 221 cm³/mol. The van der Waals surface area contributed by atoms with E-state index in [-0.39, 0.29) is 0 Å². The minimum Gasteiger partial charge on any atom is -0.143 e. The fraction of sp³-hybridized carbons (Fsp3) is 0.522. The first-order chi connectivity index (χ1) is 23.8. The Morgan fingerprint density at radius 1 is 0.354 bits per heavy atom. The van der Waals surface area contributed by atoms with Crippen LogP contribution in [0.1, 0.15) is 153 Å². The van der Waals surface area contributed by atoms with Gasteiger partial charge in [-0.15, -0.1) is 22.7 Å². The van der Waals surface area contributed by atoms with Crippen molar-refractivity contribution in [1.82, 2.24) is 0 Å². The van der Waals surface area contributed by atoms with E-state index in [1.54, 1.807) is 11.1 Å². The van der Waals surface area contributed by atoms with Crippen LogP contribution in [-0.4, -0.2) is 0 Å². The van der Waals surface area contributed by atoms with E-state index in [9.17, 15) is 0 Å². The summed E-state index contributed by atoms with van der Waals surface area (Å²) in [5.41, 5.74) is 3.12. The number of benzene rings is 4. The number of hydrogen-bond donors (Lipinski definition) is 0. The molecule has 4 aromatic carbocycles. The molecule has 0 unspecified atom stereocenters. The topological polar surface area (TPSA) is 0 Å². The van der Waals surface area contributed by atoms with Crippen molar-refractivity contribution >= 4 is 75.2 Å². The summed E-state index contributed by atoms with van der Waals surface area (Å²) in [5, 5.41) is 16.2. The van der Waals surface area contributed by atoms with E-state index < -0.39 is 0 Å². The largest absolute Gasteiger partial charge is 0.143 e. The van der Waals surface area contributed by atoms with Gasteiger partial charge in [0.25, 0.3) is 0 Å². The third-order valence-electron chi connectivity index (χ3n) is 11.0. The lowest BCUT2D eigenvalue weighted by atomic mass is 9.94. The summed E-state index contributed by atoms with van der Waals surface area (Å²) in [6.45, 7) is 4.61. The molecule has 0 aliphatic heterocycles. The van der Waals surface area contributed by atoms with Gasteiger partial charge in [-0.1, -0.05) is 154 Å². The zero-order chi connectivity index (χ0) is 33.0. The van der Waals surface area contributed by atoms with Gasteiger partial charge in [0.05, 0.1) is 0 Å². The van der Waals surface area contributed by atoms with Crippen molar-refractivity contribution in [3.05, 3.63) is 70.4 Å². The van der Waals surface area contributed by atoms with Crippen molar-refractivity contribution < 1.29 is 0 Å². The van der Waals surface area contributed by atoms with E-state index in [1.165, 1.54) is 194 Å². The predicted octanol–water partition coefficient (Wildman–Crippen LogP) is 16.5. The lowest BCUT2D eigenvalue weighted by molar-refractivity contribution is 0.556. The second-order valence-corrected chi connectivity index (χ2v) is 16.6. The lowest BCUT2D eigenvalue weighted by Gasteiger charge is -2.10. The van der Waals surface area contributed by atoms with Crippen molar-refractivity contribution in [2.45, 2.75) is 155 Å². The zero-order valence-corrected chi connectivity index (χ0v) is 31.8. The second-order valence-electron chi connectivity index (χ2n) is 14.8. The van der Waals surface area contributed by atoms with Gasteiger partial charge < -0.3 is 0 Å². The van der Waals surface area contributed by atoms with Gasteiger partial charge in [0, 0.05) is 9.40 Å². The molecule has 0 nitrogen and oxygen atoms in total. The number of aryl methyl sites for hydroxylation is 2. The molecule has 6 aromatic rings. The molecule has 0 aliphatic rings. The van der Waals surface area contributed by atoms with Crippen LogP contribution in [-0.2, 0) is 12.8 Å². The molecule has 0 saturated heterocycles. The van der Waals surface area contributed by atoms with E-state index in [0.717, 1.165) is 0 Å². The summed E-state index contributed by atoms with van der Waals surface area (Å²) >= 11 is 3.89. The molecule has 2 heteroatoms. The first-order valence-electron chi connectivity index (χ1n) is 20.0. The molecule has 0 aliphatic carbocycles. The molecule has 6 rings (SSSR count). The molecule has 256 valence electrons. The molecule has 0 amide bonds. The summed E-state index contributed by atoms with van der Waals surface area (Å²) in [6, 6.07) is 19.5. The molecule has 2 aromatic heterocycles. The Balaban J connectivity index is 1.07. The third kappa shape index (κ3) is 9.02. The van der Waals surface area contributed by atoms with Gasteiger partial charge in [-0.25, -0.2) is 0 Å². The Morgan fingerprint density at radius 2 is 0.708 bits per heavy atom. The molecule has 48 heavy (non-hydrogen) atoms.